The molecule has 0 aliphatic carbocycles. The lowest BCUT2D eigenvalue weighted by Gasteiger charge is -2.29. The van der Waals surface area contributed by atoms with E-state index in [9.17, 15) is 9.90 Å². The topological polar surface area (TPSA) is 60.8 Å². The van der Waals surface area contributed by atoms with E-state index in [2.05, 4.69) is 4.90 Å². The fourth-order valence-electron chi connectivity index (χ4n) is 2.17. The Kier molecular flexibility index (Phi) is 4.52. The highest BCUT2D eigenvalue weighted by Gasteiger charge is 2.18. The molecular formula is C13H17NO3S. The Balaban J connectivity index is 2.00. The SMILES string of the molecule is O=C(O)C=Cc1ccsc1CN1CCCC(O)C1. The molecule has 2 N–H and O–H groups in total. The number of hydrogen-bond acceptors (Lipinski definition) is 4. The first kappa shape index (κ1) is 13.3. The maximum Gasteiger partial charge on any atom is 0.328 e. The molecular weight excluding hydrogens is 250 g/mol. The summed E-state index contributed by atoms with van der Waals surface area (Å²) in [6.07, 6.45) is 4.47. The molecule has 1 unspecified atom stereocenters. The normalized spacial score (nSPS) is 21.5. The molecule has 2 heterocycles. The van der Waals surface area contributed by atoms with Crippen molar-refractivity contribution in [2.75, 3.05) is 13.1 Å². The molecule has 1 atom stereocenters. The number of carbonyl (C=O) groups is 1. The quantitative estimate of drug-likeness (QED) is 0.817. The van der Waals surface area contributed by atoms with Gasteiger partial charge in [-0.1, -0.05) is 0 Å². The number of aliphatic hydroxyl groups excluding tert-OH is 1. The molecule has 0 saturated carbocycles. The molecule has 0 aromatic carbocycles. The Morgan fingerprint density at radius 3 is 3.17 bits per heavy atom. The van der Waals surface area contributed by atoms with Gasteiger partial charge in [0, 0.05) is 24.0 Å². The van der Waals surface area contributed by atoms with Crippen LogP contribution in [0.2, 0.25) is 0 Å². The lowest BCUT2D eigenvalue weighted by molar-refractivity contribution is -0.131. The summed E-state index contributed by atoms with van der Waals surface area (Å²) >= 11 is 1.63. The maximum absolute atomic E-state index is 10.5. The van der Waals surface area contributed by atoms with E-state index in [-0.39, 0.29) is 6.10 Å². The predicted molar refractivity (Wildman–Crippen MR) is 71.5 cm³/mol. The van der Waals surface area contributed by atoms with Gasteiger partial charge in [-0.2, -0.15) is 0 Å². The van der Waals surface area contributed by atoms with Crippen molar-refractivity contribution in [1.82, 2.24) is 4.90 Å². The number of aliphatic hydroxyl groups is 1. The summed E-state index contributed by atoms with van der Waals surface area (Å²) in [5, 5.41) is 20.2. The molecule has 0 spiro atoms. The first-order valence-electron chi connectivity index (χ1n) is 6.03. The van der Waals surface area contributed by atoms with E-state index in [1.807, 2.05) is 11.4 Å². The second-order valence-electron chi connectivity index (χ2n) is 4.50. The van der Waals surface area contributed by atoms with Crippen LogP contribution in [0.5, 0.6) is 0 Å². The molecule has 2 rings (SSSR count). The lowest BCUT2D eigenvalue weighted by atomic mass is 10.1. The number of hydrogen-bond donors (Lipinski definition) is 2. The van der Waals surface area contributed by atoms with Gasteiger partial charge in [-0.05, 0) is 42.5 Å². The standard InChI is InChI=1S/C13H17NO3S/c15-11-2-1-6-14(8-11)9-12-10(5-7-18-12)3-4-13(16)17/h3-5,7,11,15H,1-2,6,8-9H2,(H,16,17). The molecule has 0 radical (unpaired) electrons. The minimum absolute atomic E-state index is 0.225. The van der Waals surface area contributed by atoms with Gasteiger partial charge in [0.1, 0.15) is 0 Å². The number of carboxylic acids is 1. The first-order valence-corrected chi connectivity index (χ1v) is 6.91. The number of likely N-dealkylation sites (tertiary alicyclic amines) is 1. The third-order valence-corrected chi connectivity index (χ3v) is 3.95. The minimum atomic E-state index is -0.930. The van der Waals surface area contributed by atoms with Crippen molar-refractivity contribution in [2.45, 2.75) is 25.5 Å². The highest BCUT2D eigenvalue weighted by molar-refractivity contribution is 7.10. The van der Waals surface area contributed by atoms with E-state index in [0.29, 0.717) is 6.54 Å². The molecule has 1 aliphatic heterocycles. The molecule has 1 fully saturated rings. The molecule has 1 saturated heterocycles. The van der Waals surface area contributed by atoms with Gasteiger partial charge in [-0.15, -0.1) is 11.3 Å². The van der Waals surface area contributed by atoms with Crippen LogP contribution in [0.25, 0.3) is 6.08 Å². The van der Waals surface area contributed by atoms with E-state index in [4.69, 9.17) is 5.11 Å². The smallest absolute Gasteiger partial charge is 0.328 e. The van der Waals surface area contributed by atoms with Gasteiger partial charge in [0.25, 0.3) is 0 Å². The molecule has 4 nitrogen and oxygen atoms in total. The Bertz CT molecular complexity index is 441. The number of rotatable bonds is 4. The van der Waals surface area contributed by atoms with Gasteiger partial charge in [0.15, 0.2) is 0 Å². The van der Waals surface area contributed by atoms with Crippen molar-refractivity contribution in [3.05, 3.63) is 28.0 Å². The Hall–Kier alpha value is -1.17. The highest BCUT2D eigenvalue weighted by atomic mass is 32.1. The third-order valence-electron chi connectivity index (χ3n) is 3.03. The summed E-state index contributed by atoms with van der Waals surface area (Å²) < 4.78 is 0. The van der Waals surface area contributed by atoms with Crippen LogP contribution in [-0.2, 0) is 11.3 Å². The van der Waals surface area contributed by atoms with Gasteiger partial charge in [0.05, 0.1) is 6.10 Å². The van der Waals surface area contributed by atoms with Crippen LogP contribution in [-0.4, -0.2) is 40.3 Å². The van der Waals surface area contributed by atoms with Crippen LogP contribution in [0.3, 0.4) is 0 Å². The van der Waals surface area contributed by atoms with Gasteiger partial charge in [-0.3, -0.25) is 4.90 Å². The van der Waals surface area contributed by atoms with Crippen molar-refractivity contribution in [1.29, 1.82) is 0 Å². The third kappa shape index (κ3) is 3.66. The van der Waals surface area contributed by atoms with E-state index < -0.39 is 5.97 Å². The Morgan fingerprint density at radius 1 is 1.61 bits per heavy atom. The van der Waals surface area contributed by atoms with Gasteiger partial charge >= 0.3 is 5.97 Å². The summed E-state index contributed by atoms with van der Waals surface area (Å²) in [6.45, 7) is 2.49. The molecule has 1 aromatic heterocycles. The molecule has 5 heteroatoms. The first-order chi connectivity index (χ1) is 8.65. The summed E-state index contributed by atoms with van der Waals surface area (Å²) in [5.74, 6) is -0.930. The predicted octanol–water partition coefficient (Wildman–Crippen LogP) is 1.80. The summed E-state index contributed by atoms with van der Waals surface area (Å²) in [4.78, 5) is 13.9. The monoisotopic (exact) mass is 267 g/mol. The molecule has 1 aromatic rings. The Morgan fingerprint density at radius 2 is 2.44 bits per heavy atom. The van der Waals surface area contributed by atoms with Crippen LogP contribution < -0.4 is 0 Å². The van der Waals surface area contributed by atoms with E-state index in [1.54, 1.807) is 17.4 Å². The van der Waals surface area contributed by atoms with Crippen LogP contribution >= 0.6 is 11.3 Å². The molecule has 98 valence electrons. The van der Waals surface area contributed by atoms with Crippen molar-refractivity contribution in [3.63, 3.8) is 0 Å². The molecule has 0 amide bonds. The van der Waals surface area contributed by atoms with Crippen LogP contribution in [0.4, 0.5) is 0 Å². The lowest BCUT2D eigenvalue weighted by Crippen LogP contribution is -2.37. The molecule has 18 heavy (non-hydrogen) atoms. The Labute approximate surface area is 110 Å². The van der Waals surface area contributed by atoms with Crippen molar-refractivity contribution < 1.29 is 15.0 Å². The summed E-state index contributed by atoms with van der Waals surface area (Å²) in [6, 6.07) is 1.93. The largest absolute Gasteiger partial charge is 0.478 e. The minimum Gasteiger partial charge on any atom is -0.478 e. The van der Waals surface area contributed by atoms with Crippen LogP contribution in [0.15, 0.2) is 17.5 Å². The molecule has 0 bridgehead atoms. The fraction of sp³-hybridized carbons (Fsp3) is 0.462. The zero-order chi connectivity index (χ0) is 13.0. The van der Waals surface area contributed by atoms with Crippen molar-refractivity contribution in [3.8, 4) is 0 Å². The summed E-state index contributed by atoms with van der Waals surface area (Å²) in [5.41, 5.74) is 0.961. The van der Waals surface area contributed by atoms with Gasteiger partial charge < -0.3 is 10.2 Å². The number of aliphatic carboxylic acids is 1. The van der Waals surface area contributed by atoms with E-state index >= 15 is 0 Å². The van der Waals surface area contributed by atoms with Crippen LogP contribution in [0.1, 0.15) is 23.3 Å². The van der Waals surface area contributed by atoms with Crippen LogP contribution in [0, 0.1) is 0 Å². The van der Waals surface area contributed by atoms with Gasteiger partial charge in [-0.25, -0.2) is 4.79 Å². The second kappa shape index (κ2) is 6.13. The number of carboxylic acid groups (broad SMARTS) is 1. The van der Waals surface area contributed by atoms with Gasteiger partial charge in [0.2, 0.25) is 0 Å². The molecule has 1 aliphatic rings. The van der Waals surface area contributed by atoms with E-state index in [0.717, 1.165) is 42.4 Å². The number of thiophene rings is 1. The highest BCUT2D eigenvalue weighted by Crippen LogP contribution is 2.22. The average molecular weight is 267 g/mol. The second-order valence-corrected chi connectivity index (χ2v) is 5.50. The zero-order valence-electron chi connectivity index (χ0n) is 10.1. The number of nitrogens with zero attached hydrogens (tertiary/aromatic N) is 1. The average Bonchev–Trinajstić information content (AvgIpc) is 2.74. The van der Waals surface area contributed by atoms with E-state index in [1.165, 1.54) is 0 Å². The number of piperidine rings is 1. The maximum atomic E-state index is 10.5. The fourth-order valence-corrected chi connectivity index (χ4v) is 3.07. The van der Waals surface area contributed by atoms with Crippen molar-refractivity contribution >= 4 is 23.4 Å². The number of β-amino-alcohol motifs (C(OH)–C–C–N with tert-alkyl or cyclic N) is 1. The zero-order valence-corrected chi connectivity index (χ0v) is 10.9. The van der Waals surface area contributed by atoms with Crippen molar-refractivity contribution in [2.24, 2.45) is 0 Å². The summed E-state index contributed by atoms with van der Waals surface area (Å²) in [7, 11) is 0.